The summed E-state index contributed by atoms with van der Waals surface area (Å²) < 4.78 is 0. The van der Waals surface area contributed by atoms with Gasteiger partial charge in [0.2, 0.25) is 0 Å². The molecule has 0 radical (unpaired) electrons. The Morgan fingerprint density at radius 3 is 1.32 bits per heavy atom. The molecule has 134 valence electrons. The van der Waals surface area contributed by atoms with E-state index >= 15 is 0 Å². The second-order valence-electron chi connectivity index (χ2n) is 7.67. The predicted molar refractivity (Wildman–Crippen MR) is 100 cm³/mol. The van der Waals surface area contributed by atoms with Crippen LogP contribution in [0.2, 0.25) is 0 Å². The number of unbranched alkanes of at least 4 members (excludes halogenated alkanes) is 10. The lowest BCUT2D eigenvalue weighted by atomic mass is 9.76. The van der Waals surface area contributed by atoms with Crippen LogP contribution in [0.1, 0.15) is 124 Å². The molecule has 0 aliphatic heterocycles. The number of hydrogen-bond acceptors (Lipinski definition) is 1. The van der Waals surface area contributed by atoms with Crippen LogP contribution in [-0.2, 0) is 0 Å². The third-order valence-electron chi connectivity index (χ3n) is 5.21. The van der Waals surface area contributed by atoms with E-state index in [0.717, 1.165) is 6.42 Å². The van der Waals surface area contributed by atoms with Crippen molar-refractivity contribution in [2.24, 2.45) is 5.41 Å². The molecule has 0 aromatic carbocycles. The second kappa shape index (κ2) is 15.8. The molecule has 0 saturated carbocycles. The van der Waals surface area contributed by atoms with Crippen LogP contribution in [0.4, 0.5) is 0 Å². The van der Waals surface area contributed by atoms with Gasteiger partial charge in [-0.15, -0.1) is 0 Å². The fourth-order valence-corrected chi connectivity index (χ4v) is 3.55. The van der Waals surface area contributed by atoms with Gasteiger partial charge in [-0.05, 0) is 31.1 Å². The Morgan fingerprint density at radius 1 is 0.545 bits per heavy atom. The summed E-state index contributed by atoms with van der Waals surface area (Å²) >= 11 is 0. The molecule has 0 bridgehead atoms. The SMILES string of the molecule is CCCCCCCCC(C)(CCCO)CCCCCCCC. The van der Waals surface area contributed by atoms with Crippen molar-refractivity contribution in [1.82, 2.24) is 0 Å². The minimum atomic E-state index is 0.364. The number of hydrogen-bond donors (Lipinski definition) is 1. The van der Waals surface area contributed by atoms with Gasteiger partial charge < -0.3 is 5.11 Å². The first-order valence-corrected chi connectivity index (χ1v) is 10.3. The van der Waals surface area contributed by atoms with Gasteiger partial charge >= 0.3 is 0 Å². The highest BCUT2D eigenvalue weighted by atomic mass is 16.2. The molecule has 0 spiro atoms. The summed E-state index contributed by atoms with van der Waals surface area (Å²) in [6.07, 6.45) is 21.7. The summed E-state index contributed by atoms with van der Waals surface area (Å²) in [5.74, 6) is 0. The van der Waals surface area contributed by atoms with Crippen molar-refractivity contribution < 1.29 is 5.11 Å². The van der Waals surface area contributed by atoms with E-state index in [2.05, 4.69) is 20.8 Å². The lowest BCUT2D eigenvalue weighted by Crippen LogP contribution is -2.17. The normalized spacial score (nSPS) is 12.0. The third-order valence-corrected chi connectivity index (χ3v) is 5.21. The summed E-state index contributed by atoms with van der Waals surface area (Å²) in [6.45, 7) is 7.41. The van der Waals surface area contributed by atoms with Gasteiger partial charge in [-0.1, -0.05) is 97.8 Å². The first-order chi connectivity index (χ1) is 10.7. The largest absolute Gasteiger partial charge is 0.396 e. The molecule has 0 unspecified atom stereocenters. The third kappa shape index (κ3) is 13.6. The molecule has 1 heteroatoms. The first-order valence-electron chi connectivity index (χ1n) is 10.3. The lowest BCUT2D eigenvalue weighted by Gasteiger charge is -2.30. The Kier molecular flexibility index (Phi) is 15.8. The fourth-order valence-electron chi connectivity index (χ4n) is 3.55. The van der Waals surface area contributed by atoms with Crippen molar-refractivity contribution >= 4 is 0 Å². The Labute approximate surface area is 141 Å². The topological polar surface area (TPSA) is 20.2 Å². The maximum atomic E-state index is 9.17. The molecule has 0 aliphatic rings. The Bertz CT molecular complexity index is 196. The van der Waals surface area contributed by atoms with E-state index < -0.39 is 0 Å². The molecule has 0 aromatic rings. The molecule has 0 amide bonds. The van der Waals surface area contributed by atoms with Crippen molar-refractivity contribution in [1.29, 1.82) is 0 Å². The molecular weight excluding hydrogens is 268 g/mol. The van der Waals surface area contributed by atoms with Gasteiger partial charge in [0.25, 0.3) is 0 Å². The summed E-state index contributed by atoms with van der Waals surface area (Å²) in [5, 5.41) is 9.17. The van der Waals surface area contributed by atoms with E-state index in [1.54, 1.807) is 0 Å². The average molecular weight is 313 g/mol. The summed E-state index contributed by atoms with van der Waals surface area (Å²) in [7, 11) is 0. The highest BCUT2D eigenvalue weighted by Gasteiger charge is 2.22. The molecule has 22 heavy (non-hydrogen) atoms. The van der Waals surface area contributed by atoms with E-state index in [4.69, 9.17) is 5.11 Å². The maximum Gasteiger partial charge on any atom is 0.0431 e. The molecule has 0 saturated heterocycles. The van der Waals surface area contributed by atoms with Gasteiger partial charge in [0, 0.05) is 6.61 Å². The molecule has 0 fully saturated rings. The van der Waals surface area contributed by atoms with Crippen LogP contribution in [0, 0.1) is 5.41 Å². The zero-order chi connectivity index (χ0) is 16.5. The minimum absolute atomic E-state index is 0.364. The number of aliphatic hydroxyl groups is 1. The van der Waals surface area contributed by atoms with Crippen LogP contribution in [0.5, 0.6) is 0 Å². The monoisotopic (exact) mass is 312 g/mol. The van der Waals surface area contributed by atoms with E-state index in [1.165, 1.54) is 96.3 Å². The van der Waals surface area contributed by atoms with Crippen molar-refractivity contribution in [3.8, 4) is 0 Å². The van der Waals surface area contributed by atoms with Crippen molar-refractivity contribution in [2.75, 3.05) is 6.61 Å². The van der Waals surface area contributed by atoms with E-state index in [0.29, 0.717) is 12.0 Å². The van der Waals surface area contributed by atoms with Crippen LogP contribution in [0.15, 0.2) is 0 Å². The summed E-state index contributed by atoms with van der Waals surface area (Å²) in [4.78, 5) is 0. The molecular formula is C21H44O. The van der Waals surface area contributed by atoms with Gasteiger partial charge in [0.1, 0.15) is 0 Å². The van der Waals surface area contributed by atoms with Crippen LogP contribution in [0.3, 0.4) is 0 Å². The zero-order valence-corrected chi connectivity index (χ0v) is 16.0. The fraction of sp³-hybridized carbons (Fsp3) is 1.00. The van der Waals surface area contributed by atoms with Crippen LogP contribution >= 0.6 is 0 Å². The second-order valence-corrected chi connectivity index (χ2v) is 7.67. The molecule has 0 aromatic heterocycles. The maximum absolute atomic E-state index is 9.17. The number of aliphatic hydroxyl groups excluding tert-OH is 1. The van der Waals surface area contributed by atoms with Crippen LogP contribution in [0.25, 0.3) is 0 Å². The standard InChI is InChI=1S/C21H44O/c1-4-6-8-10-12-14-17-21(3,19-16-20-22)18-15-13-11-9-7-5-2/h22H,4-20H2,1-3H3. The zero-order valence-electron chi connectivity index (χ0n) is 16.0. The van der Waals surface area contributed by atoms with Crippen molar-refractivity contribution in [3.05, 3.63) is 0 Å². The van der Waals surface area contributed by atoms with Gasteiger partial charge in [0.05, 0.1) is 0 Å². The van der Waals surface area contributed by atoms with E-state index in [9.17, 15) is 0 Å². The Morgan fingerprint density at radius 2 is 0.909 bits per heavy atom. The molecule has 1 N–H and O–H groups in total. The first kappa shape index (κ1) is 22.0. The quantitative estimate of drug-likeness (QED) is 0.280. The Balaban J connectivity index is 3.84. The average Bonchev–Trinajstić information content (AvgIpc) is 2.52. The van der Waals surface area contributed by atoms with Crippen LogP contribution in [-0.4, -0.2) is 11.7 Å². The molecule has 0 atom stereocenters. The Hall–Kier alpha value is -0.0400. The van der Waals surface area contributed by atoms with Crippen molar-refractivity contribution in [3.63, 3.8) is 0 Å². The lowest BCUT2D eigenvalue weighted by molar-refractivity contribution is 0.194. The summed E-state index contributed by atoms with van der Waals surface area (Å²) in [5.41, 5.74) is 0.484. The summed E-state index contributed by atoms with van der Waals surface area (Å²) in [6, 6.07) is 0. The van der Waals surface area contributed by atoms with E-state index in [-0.39, 0.29) is 0 Å². The smallest absolute Gasteiger partial charge is 0.0431 e. The van der Waals surface area contributed by atoms with Gasteiger partial charge in [0.15, 0.2) is 0 Å². The predicted octanol–water partition coefficient (Wildman–Crippen LogP) is 7.27. The highest BCUT2D eigenvalue weighted by Crippen LogP contribution is 2.36. The molecule has 1 nitrogen and oxygen atoms in total. The van der Waals surface area contributed by atoms with Gasteiger partial charge in [-0.3, -0.25) is 0 Å². The molecule has 0 heterocycles. The molecule has 0 aliphatic carbocycles. The molecule has 0 rings (SSSR count). The van der Waals surface area contributed by atoms with Crippen LogP contribution < -0.4 is 0 Å². The van der Waals surface area contributed by atoms with Crippen molar-refractivity contribution in [2.45, 2.75) is 124 Å². The van der Waals surface area contributed by atoms with Gasteiger partial charge in [-0.25, -0.2) is 0 Å². The highest BCUT2D eigenvalue weighted by molar-refractivity contribution is 4.74. The number of rotatable bonds is 17. The minimum Gasteiger partial charge on any atom is -0.396 e. The van der Waals surface area contributed by atoms with Gasteiger partial charge in [-0.2, -0.15) is 0 Å². The van der Waals surface area contributed by atoms with E-state index in [1.807, 2.05) is 0 Å².